The van der Waals surface area contributed by atoms with E-state index in [4.69, 9.17) is 5.11 Å². The van der Waals surface area contributed by atoms with E-state index in [0.717, 1.165) is 17.9 Å². The molecule has 0 aliphatic rings. The molecule has 0 radical (unpaired) electrons. The van der Waals surface area contributed by atoms with Gasteiger partial charge in [-0.15, -0.1) is 0 Å². The number of aromatic nitrogens is 2. The first kappa shape index (κ1) is 11.9. The van der Waals surface area contributed by atoms with Gasteiger partial charge in [-0.2, -0.15) is 5.10 Å². The molecular weight excluding hydrogens is 212 g/mol. The van der Waals surface area contributed by atoms with E-state index >= 15 is 0 Å². The Kier molecular flexibility index (Phi) is 3.59. The highest BCUT2D eigenvalue weighted by Gasteiger charge is 2.10. The molecule has 3 heteroatoms. The molecule has 0 fully saturated rings. The molecule has 0 saturated heterocycles. The maximum Gasteiger partial charge on any atom is 0.0662 e. The smallest absolute Gasteiger partial charge is 0.0662 e. The van der Waals surface area contributed by atoms with Crippen LogP contribution in [0.15, 0.2) is 30.3 Å². The molecule has 90 valence electrons. The Balaban J connectivity index is 2.25. The average Bonchev–Trinajstić information content (AvgIpc) is 2.59. The molecule has 3 nitrogen and oxygen atoms in total. The number of aliphatic hydroxyl groups is 1. The van der Waals surface area contributed by atoms with Crippen LogP contribution in [0.2, 0.25) is 0 Å². The van der Waals surface area contributed by atoms with Crippen LogP contribution < -0.4 is 0 Å². The quantitative estimate of drug-likeness (QED) is 0.873. The molecule has 0 saturated carbocycles. The fraction of sp³-hybridized carbons (Fsp3) is 0.357. The van der Waals surface area contributed by atoms with Gasteiger partial charge in [0.2, 0.25) is 0 Å². The van der Waals surface area contributed by atoms with Gasteiger partial charge in [0.15, 0.2) is 0 Å². The highest BCUT2D eigenvalue weighted by molar-refractivity contribution is 5.26. The third kappa shape index (κ3) is 2.56. The maximum absolute atomic E-state index is 9.03. The van der Waals surface area contributed by atoms with E-state index in [9.17, 15) is 0 Å². The van der Waals surface area contributed by atoms with Crippen LogP contribution in [0.4, 0.5) is 0 Å². The molecule has 1 aromatic carbocycles. The van der Waals surface area contributed by atoms with E-state index in [1.807, 2.05) is 29.8 Å². The minimum atomic E-state index is 0.179. The SMILES string of the molecule is Cc1nn(Cc2ccccc2)c(C)c1CCO. The van der Waals surface area contributed by atoms with Crippen LogP contribution in [0.5, 0.6) is 0 Å². The first-order valence-corrected chi connectivity index (χ1v) is 5.90. The predicted octanol–water partition coefficient (Wildman–Crippen LogP) is 2.08. The van der Waals surface area contributed by atoms with Crippen molar-refractivity contribution < 1.29 is 5.11 Å². The Bertz CT molecular complexity index is 488. The number of rotatable bonds is 4. The van der Waals surface area contributed by atoms with Crippen LogP contribution in [0.1, 0.15) is 22.5 Å². The third-order valence-corrected chi connectivity index (χ3v) is 3.07. The second kappa shape index (κ2) is 5.15. The van der Waals surface area contributed by atoms with Gasteiger partial charge in [-0.25, -0.2) is 0 Å². The summed E-state index contributed by atoms with van der Waals surface area (Å²) < 4.78 is 2.01. The lowest BCUT2D eigenvalue weighted by Crippen LogP contribution is -2.04. The largest absolute Gasteiger partial charge is 0.396 e. The Morgan fingerprint density at radius 3 is 2.53 bits per heavy atom. The third-order valence-electron chi connectivity index (χ3n) is 3.07. The Hall–Kier alpha value is -1.61. The van der Waals surface area contributed by atoms with E-state index < -0.39 is 0 Å². The molecule has 1 aromatic heterocycles. The summed E-state index contributed by atoms with van der Waals surface area (Å²) in [5, 5.41) is 13.6. The van der Waals surface area contributed by atoms with Crippen molar-refractivity contribution in [3.05, 3.63) is 52.8 Å². The van der Waals surface area contributed by atoms with Crippen LogP contribution in [-0.4, -0.2) is 21.5 Å². The van der Waals surface area contributed by atoms with Gasteiger partial charge in [-0.05, 0) is 31.4 Å². The number of hydrogen-bond donors (Lipinski definition) is 1. The lowest BCUT2D eigenvalue weighted by Gasteiger charge is -2.05. The summed E-state index contributed by atoms with van der Waals surface area (Å²) in [4.78, 5) is 0. The number of benzene rings is 1. The van der Waals surface area contributed by atoms with Crippen molar-refractivity contribution in [3.63, 3.8) is 0 Å². The van der Waals surface area contributed by atoms with Crippen LogP contribution in [-0.2, 0) is 13.0 Å². The van der Waals surface area contributed by atoms with Crippen LogP contribution in [0, 0.1) is 13.8 Å². The van der Waals surface area contributed by atoms with Gasteiger partial charge in [-0.3, -0.25) is 4.68 Å². The molecule has 0 spiro atoms. The first-order chi connectivity index (χ1) is 8.22. The molecular formula is C14H18N2O. The summed E-state index contributed by atoms with van der Waals surface area (Å²) in [5.74, 6) is 0. The summed E-state index contributed by atoms with van der Waals surface area (Å²) in [5.41, 5.74) is 4.59. The minimum absolute atomic E-state index is 0.179. The van der Waals surface area contributed by atoms with Crippen LogP contribution in [0.3, 0.4) is 0 Å². The lowest BCUT2D eigenvalue weighted by atomic mass is 10.1. The van der Waals surface area contributed by atoms with Crippen LogP contribution >= 0.6 is 0 Å². The molecule has 2 aromatic rings. The molecule has 1 heterocycles. The molecule has 0 atom stereocenters. The van der Waals surface area contributed by atoms with Crippen molar-refractivity contribution in [1.29, 1.82) is 0 Å². The minimum Gasteiger partial charge on any atom is -0.396 e. The summed E-state index contributed by atoms with van der Waals surface area (Å²) >= 11 is 0. The van der Waals surface area contributed by atoms with Gasteiger partial charge in [0.25, 0.3) is 0 Å². The first-order valence-electron chi connectivity index (χ1n) is 5.90. The zero-order valence-corrected chi connectivity index (χ0v) is 10.3. The van der Waals surface area contributed by atoms with Gasteiger partial charge in [-0.1, -0.05) is 30.3 Å². The molecule has 0 bridgehead atoms. The van der Waals surface area contributed by atoms with Gasteiger partial charge in [0.05, 0.1) is 12.2 Å². The van der Waals surface area contributed by atoms with E-state index in [2.05, 4.69) is 24.2 Å². The van der Waals surface area contributed by atoms with E-state index in [1.54, 1.807) is 0 Å². The highest BCUT2D eigenvalue weighted by Crippen LogP contribution is 2.15. The van der Waals surface area contributed by atoms with Crippen molar-refractivity contribution in [3.8, 4) is 0 Å². The predicted molar refractivity (Wildman–Crippen MR) is 68.0 cm³/mol. The molecule has 0 aliphatic heterocycles. The maximum atomic E-state index is 9.03. The second-order valence-electron chi connectivity index (χ2n) is 4.27. The molecule has 0 amide bonds. The zero-order chi connectivity index (χ0) is 12.3. The van der Waals surface area contributed by atoms with E-state index in [0.29, 0.717) is 6.42 Å². The zero-order valence-electron chi connectivity index (χ0n) is 10.3. The normalized spacial score (nSPS) is 10.8. The molecule has 0 aliphatic carbocycles. The standard InChI is InChI=1S/C14H18N2O/c1-11-14(8-9-17)12(2)16(15-11)10-13-6-4-3-5-7-13/h3-7,17H,8-10H2,1-2H3. The van der Waals surface area contributed by atoms with Crippen molar-refractivity contribution in [2.75, 3.05) is 6.61 Å². The Morgan fingerprint density at radius 2 is 1.88 bits per heavy atom. The van der Waals surface area contributed by atoms with Gasteiger partial charge >= 0.3 is 0 Å². The molecule has 2 rings (SSSR count). The number of hydrogen-bond acceptors (Lipinski definition) is 2. The van der Waals surface area contributed by atoms with Crippen molar-refractivity contribution in [1.82, 2.24) is 9.78 Å². The lowest BCUT2D eigenvalue weighted by molar-refractivity contribution is 0.299. The summed E-state index contributed by atoms with van der Waals surface area (Å²) in [7, 11) is 0. The van der Waals surface area contributed by atoms with Crippen molar-refractivity contribution in [2.24, 2.45) is 0 Å². The molecule has 1 N–H and O–H groups in total. The van der Waals surface area contributed by atoms with Gasteiger partial charge < -0.3 is 5.11 Å². The number of nitrogens with zero attached hydrogens (tertiary/aromatic N) is 2. The van der Waals surface area contributed by atoms with Crippen molar-refractivity contribution >= 4 is 0 Å². The van der Waals surface area contributed by atoms with E-state index in [-0.39, 0.29) is 6.61 Å². The average molecular weight is 230 g/mol. The van der Waals surface area contributed by atoms with Crippen LogP contribution in [0.25, 0.3) is 0 Å². The van der Waals surface area contributed by atoms with E-state index in [1.165, 1.54) is 11.1 Å². The Labute approximate surface area is 102 Å². The fourth-order valence-electron chi connectivity index (χ4n) is 2.12. The van der Waals surface area contributed by atoms with Gasteiger partial charge in [0, 0.05) is 12.3 Å². The second-order valence-corrected chi connectivity index (χ2v) is 4.27. The Morgan fingerprint density at radius 1 is 1.18 bits per heavy atom. The monoisotopic (exact) mass is 230 g/mol. The highest BCUT2D eigenvalue weighted by atomic mass is 16.2. The number of aliphatic hydroxyl groups excluding tert-OH is 1. The number of aryl methyl sites for hydroxylation is 1. The summed E-state index contributed by atoms with van der Waals surface area (Å²) in [6, 6.07) is 10.3. The molecule has 17 heavy (non-hydrogen) atoms. The fourth-order valence-corrected chi connectivity index (χ4v) is 2.12. The van der Waals surface area contributed by atoms with Gasteiger partial charge in [0.1, 0.15) is 0 Å². The molecule has 0 unspecified atom stereocenters. The topological polar surface area (TPSA) is 38.0 Å². The summed E-state index contributed by atoms with van der Waals surface area (Å²) in [6.45, 7) is 5.03. The summed E-state index contributed by atoms with van der Waals surface area (Å²) in [6.07, 6.45) is 0.687. The van der Waals surface area contributed by atoms with Crippen molar-refractivity contribution in [2.45, 2.75) is 26.8 Å².